The van der Waals surface area contributed by atoms with E-state index in [1.165, 1.54) is 12.1 Å². The van der Waals surface area contributed by atoms with E-state index in [9.17, 15) is 4.39 Å². The van der Waals surface area contributed by atoms with Crippen LogP contribution >= 0.6 is 0 Å². The van der Waals surface area contributed by atoms with Crippen molar-refractivity contribution in [3.8, 4) is 0 Å². The molecule has 1 aromatic rings. The molecular weight excluding hydrogens is 219 g/mol. The van der Waals surface area contributed by atoms with Crippen LogP contribution in [0.1, 0.15) is 13.3 Å². The van der Waals surface area contributed by atoms with Gasteiger partial charge in [-0.15, -0.1) is 0 Å². The maximum Gasteiger partial charge on any atom is 0.123 e. The van der Waals surface area contributed by atoms with Gasteiger partial charge in [-0.1, -0.05) is 6.92 Å². The van der Waals surface area contributed by atoms with Gasteiger partial charge >= 0.3 is 0 Å². The molecule has 1 aliphatic heterocycles. The minimum Gasteiger partial charge on any atom is -0.361 e. The van der Waals surface area contributed by atoms with Crippen LogP contribution in [0.4, 0.5) is 10.1 Å². The molecule has 0 saturated carbocycles. The molecule has 0 fully saturated rings. The number of rotatable bonds is 5. The molecule has 0 aliphatic carbocycles. The van der Waals surface area contributed by atoms with Gasteiger partial charge in [-0.05, 0) is 30.7 Å². The van der Waals surface area contributed by atoms with E-state index in [-0.39, 0.29) is 5.82 Å². The summed E-state index contributed by atoms with van der Waals surface area (Å²) in [7, 11) is 0. The van der Waals surface area contributed by atoms with E-state index in [2.05, 4.69) is 16.7 Å². The highest BCUT2D eigenvalue weighted by atomic mass is 19.1. The molecule has 0 atom stereocenters. The van der Waals surface area contributed by atoms with E-state index in [1.807, 2.05) is 12.4 Å². The van der Waals surface area contributed by atoms with E-state index < -0.39 is 0 Å². The lowest BCUT2D eigenvalue weighted by atomic mass is 10.3. The summed E-state index contributed by atoms with van der Waals surface area (Å²) < 4.78 is 18.2. The highest BCUT2D eigenvalue weighted by Crippen LogP contribution is 2.19. The second-order valence-electron chi connectivity index (χ2n) is 4.01. The first kappa shape index (κ1) is 11.9. The molecule has 0 N–H and O–H groups in total. The fourth-order valence-electron chi connectivity index (χ4n) is 1.68. The zero-order valence-corrected chi connectivity index (χ0v) is 9.97. The third-order valence-electron chi connectivity index (χ3n) is 2.56. The molecule has 0 radical (unpaired) electrons. The fraction of sp³-hybridized carbons (Fsp3) is 0.385. The number of halogens is 1. The van der Waals surface area contributed by atoms with Gasteiger partial charge in [0, 0.05) is 24.7 Å². The Morgan fingerprint density at radius 2 is 2.00 bits per heavy atom. The molecule has 0 bridgehead atoms. The molecule has 4 heteroatoms. The van der Waals surface area contributed by atoms with Gasteiger partial charge in [0.25, 0.3) is 0 Å². The van der Waals surface area contributed by atoms with E-state index in [0.717, 1.165) is 25.4 Å². The van der Waals surface area contributed by atoms with Crippen molar-refractivity contribution in [2.75, 3.05) is 24.9 Å². The molecule has 0 amide bonds. The van der Waals surface area contributed by atoms with Crippen LogP contribution in [-0.2, 0) is 4.74 Å². The van der Waals surface area contributed by atoms with Crippen molar-refractivity contribution >= 4 is 5.69 Å². The van der Waals surface area contributed by atoms with Crippen LogP contribution in [-0.4, -0.2) is 24.9 Å². The molecule has 0 aromatic heterocycles. The largest absolute Gasteiger partial charge is 0.361 e. The van der Waals surface area contributed by atoms with Crippen molar-refractivity contribution < 1.29 is 9.13 Å². The van der Waals surface area contributed by atoms with Crippen molar-refractivity contribution in [3.05, 3.63) is 42.5 Å². The van der Waals surface area contributed by atoms with E-state index >= 15 is 0 Å². The number of nitrogens with zero attached hydrogens (tertiary/aromatic N) is 2. The van der Waals surface area contributed by atoms with Gasteiger partial charge in [-0.3, -0.25) is 0 Å². The molecule has 1 aromatic carbocycles. The first-order valence-corrected chi connectivity index (χ1v) is 5.82. The fourth-order valence-corrected chi connectivity index (χ4v) is 1.68. The number of anilines is 1. The Morgan fingerprint density at radius 1 is 1.24 bits per heavy atom. The normalized spacial score (nSPS) is 14.7. The van der Waals surface area contributed by atoms with Crippen LogP contribution in [0.5, 0.6) is 0 Å². The van der Waals surface area contributed by atoms with Crippen LogP contribution in [0.3, 0.4) is 0 Å². The zero-order valence-electron chi connectivity index (χ0n) is 9.97. The molecule has 0 spiro atoms. The molecule has 1 aliphatic rings. The molecule has 0 unspecified atom stereocenters. The standard InChI is InChI=1S/C13H17FN2O/c1-2-9-17-11-15-7-8-16(10-15)13-5-3-12(14)4-6-13/h3-8H,2,9-11H2,1H3. The Kier molecular flexibility index (Phi) is 3.98. The Balaban J connectivity index is 1.86. The van der Waals surface area contributed by atoms with Crippen molar-refractivity contribution in [1.29, 1.82) is 0 Å². The summed E-state index contributed by atoms with van der Waals surface area (Å²) in [5, 5.41) is 0. The van der Waals surface area contributed by atoms with Crippen LogP contribution < -0.4 is 4.90 Å². The van der Waals surface area contributed by atoms with E-state index in [0.29, 0.717) is 6.73 Å². The molecular formula is C13H17FN2O. The third-order valence-corrected chi connectivity index (χ3v) is 2.56. The van der Waals surface area contributed by atoms with Crippen LogP contribution in [0, 0.1) is 5.82 Å². The van der Waals surface area contributed by atoms with E-state index in [4.69, 9.17) is 4.74 Å². The summed E-state index contributed by atoms with van der Waals surface area (Å²) in [5.41, 5.74) is 0.987. The molecule has 2 rings (SSSR count). The minimum atomic E-state index is -0.208. The van der Waals surface area contributed by atoms with Gasteiger partial charge in [0.15, 0.2) is 0 Å². The van der Waals surface area contributed by atoms with Gasteiger partial charge < -0.3 is 14.5 Å². The topological polar surface area (TPSA) is 15.7 Å². The lowest BCUT2D eigenvalue weighted by molar-refractivity contribution is 0.0592. The summed E-state index contributed by atoms with van der Waals surface area (Å²) in [6, 6.07) is 6.49. The summed E-state index contributed by atoms with van der Waals surface area (Å²) >= 11 is 0. The maximum absolute atomic E-state index is 12.8. The van der Waals surface area contributed by atoms with Gasteiger partial charge in [-0.2, -0.15) is 0 Å². The smallest absolute Gasteiger partial charge is 0.123 e. The first-order chi connectivity index (χ1) is 8.29. The number of benzene rings is 1. The van der Waals surface area contributed by atoms with Crippen LogP contribution in [0.2, 0.25) is 0 Å². The van der Waals surface area contributed by atoms with Crippen molar-refractivity contribution in [2.24, 2.45) is 0 Å². The Hall–Kier alpha value is -1.55. The average Bonchev–Trinajstić information content (AvgIpc) is 2.79. The quantitative estimate of drug-likeness (QED) is 0.731. The third kappa shape index (κ3) is 3.20. The predicted molar refractivity (Wildman–Crippen MR) is 65.8 cm³/mol. The Bertz CT molecular complexity index is 378. The van der Waals surface area contributed by atoms with Crippen LogP contribution in [0.25, 0.3) is 0 Å². The first-order valence-electron chi connectivity index (χ1n) is 5.82. The number of hydrogen-bond acceptors (Lipinski definition) is 3. The van der Waals surface area contributed by atoms with E-state index in [1.54, 1.807) is 12.1 Å². The number of hydrogen-bond donors (Lipinski definition) is 0. The zero-order chi connectivity index (χ0) is 12.1. The van der Waals surface area contributed by atoms with Gasteiger partial charge in [0.1, 0.15) is 12.5 Å². The molecule has 3 nitrogen and oxygen atoms in total. The van der Waals surface area contributed by atoms with Gasteiger partial charge in [0.05, 0.1) is 6.67 Å². The molecule has 0 saturated heterocycles. The Labute approximate surface area is 101 Å². The monoisotopic (exact) mass is 236 g/mol. The van der Waals surface area contributed by atoms with Crippen molar-refractivity contribution in [2.45, 2.75) is 13.3 Å². The highest BCUT2D eigenvalue weighted by Gasteiger charge is 2.13. The predicted octanol–water partition coefficient (Wildman–Crippen LogP) is 2.76. The maximum atomic E-state index is 12.8. The SMILES string of the molecule is CCCOCN1C=CN(c2ccc(F)cc2)C1. The van der Waals surface area contributed by atoms with Gasteiger partial charge in [-0.25, -0.2) is 4.39 Å². The molecule has 17 heavy (non-hydrogen) atoms. The summed E-state index contributed by atoms with van der Waals surface area (Å²) in [4.78, 5) is 4.12. The molecule has 1 heterocycles. The second kappa shape index (κ2) is 5.68. The Morgan fingerprint density at radius 3 is 2.71 bits per heavy atom. The lowest BCUT2D eigenvalue weighted by Gasteiger charge is -2.21. The molecule has 92 valence electrons. The summed E-state index contributed by atoms with van der Waals surface area (Å²) in [5.74, 6) is -0.208. The summed E-state index contributed by atoms with van der Waals surface area (Å²) in [6.45, 7) is 4.21. The number of ether oxygens (including phenoxy) is 1. The van der Waals surface area contributed by atoms with Crippen LogP contribution in [0.15, 0.2) is 36.7 Å². The van der Waals surface area contributed by atoms with Gasteiger partial charge in [0.2, 0.25) is 0 Å². The second-order valence-corrected chi connectivity index (χ2v) is 4.01. The van der Waals surface area contributed by atoms with Crippen molar-refractivity contribution in [3.63, 3.8) is 0 Å². The average molecular weight is 236 g/mol. The minimum absolute atomic E-state index is 0.208. The highest BCUT2D eigenvalue weighted by molar-refractivity contribution is 5.49. The summed E-state index contributed by atoms with van der Waals surface area (Å²) in [6.07, 6.45) is 4.99. The van der Waals surface area contributed by atoms with Crippen molar-refractivity contribution in [1.82, 2.24) is 4.90 Å². The lowest BCUT2D eigenvalue weighted by Crippen LogP contribution is -2.27.